The van der Waals surface area contributed by atoms with Crippen LogP contribution in [-0.4, -0.2) is 42.1 Å². The molecule has 0 unspecified atom stereocenters. The summed E-state index contributed by atoms with van der Waals surface area (Å²) in [5, 5.41) is 9.27. The number of esters is 2. The van der Waals surface area contributed by atoms with E-state index in [9.17, 15) is 29.1 Å². The number of ketones is 1. The van der Waals surface area contributed by atoms with E-state index < -0.39 is 29.6 Å². The molecule has 2 aromatic rings. The van der Waals surface area contributed by atoms with Gasteiger partial charge in [0.2, 0.25) is 0 Å². The normalized spacial score (nSPS) is 7.92. The van der Waals surface area contributed by atoms with Crippen LogP contribution in [0.5, 0.6) is 0 Å². The second-order valence-corrected chi connectivity index (χ2v) is 6.11. The number of benzene rings is 2. The number of carboxylic acids is 1. The summed E-state index contributed by atoms with van der Waals surface area (Å²) in [4.78, 5) is 52.7. The van der Waals surface area contributed by atoms with Crippen molar-refractivity contribution in [3.8, 4) is 0 Å². The Morgan fingerprint density at radius 3 is 1.26 bits per heavy atom. The number of Topliss-reactive ketones (excluding diaryl/α,β-unsaturated/α-hetero) is 1. The number of carbonyl (C=O) groups is 5. The number of rotatable bonds is 8. The molecule has 0 bridgehead atoms. The Kier molecular flexibility index (Phi) is 43.5. The van der Waals surface area contributed by atoms with Crippen LogP contribution >= 0.6 is 11.6 Å². The zero-order valence-corrected chi connectivity index (χ0v) is 28.6. The quantitative estimate of drug-likeness (QED) is 0.150. The maximum Gasteiger partial charge on any atom is 1.00 e. The van der Waals surface area contributed by atoms with Gasteiger partial charge in [-0.3, -0.25) is 19.2 Å². The summed E-state index contributed by atoms with van der Waals surface area (Å²) in [7, 11) is 0. The first kappa shape index (κ1) is 46.9. The van der Waals surface area contributed by atoms with Crippen molar-refractivity contribution in [2.45, 2.75) is 68.2 Å². The minimum atomic E-state index is -1.41. The van der Waals surface area contributed by atoms with Gasteiger partial charge in [-0.05, 0) is 25.4 Å². The summed E-state index contributed by atoms with van der Waals surface area (Å²) in [5.41, 5.74) is 1.08. The second-order valence-electron chi connectivity index (χ2n) is 5.76. The van der Waals surface area contributed by atoms with Gasteiger partial charge in [-0.2, -0.15) is 0 Å². The molecule has 0 N–H and O–H groups in total. The summed E-state index contributed by atoms with van der Waals surface area (Å²) in [6, 6.07) is 17.4. The molecule has 0 amide bonds. The van der Waals surface area contributed by atoms with Crippen molar-refractivity contribution in [3.05, 3.63) is 71.8 Å². The first-order valence-electron chi connectivity index (χ1n) is 12.5. The third-order valence-corrected chi connectivity index (χ3v) is 3.52. The van der Waals surface area contributed by atoms with Gasteiger partial charge in [0.05, 0.1) is 25.6 Å². The Morgan fingerprint density at radius 1 is 0.641 bits per heavy atom. The predicted octanol–water partition coefficient (Wildman–Crippen LogP) is 2.66. The van der Waals surface area contributed by atoms with E-state index in [0.29, 0.717) is 17.7 Å². The number of ether oxygens (including phenoxy) is 2. The zero-order chi connectivity index (χ0) is 30.4. The van der Waals surface area contributed by atoms with Gasteiger partial charge in [0.1, 0.15) is 6.42 Å². The first-order valence-corrected chi connectivity index (χ1v) is 12.9. The summed E-state index contributed by atoms with van der Waals surface area (Å²) in [6.07, 6.45) is -0.842. The number of carboxylic acid groups (broad SMARTS) is 1. The molecule has 0 aliphatic rings. The molecule has 0 heterocycles. The van der Waals surface area contributed by atoms with Crippen LogP contribution < -0.4 is 56.5 Å². The van der Waals surface area contributed by atoms with Crippen molar-refractivity contribution in [3.63, 3.8) is 0 Å². The molecule has 0 saturated heterocycles. The van der Waals surface area contributed by atoms with E-state index in [4.69, 9.17) is 11.6 Å². The van der Waals surface area contributed by atoms with Gasteiger partial charge in [0.15, 0.2) is 5.78 Å². The van der Waals surface area contributed by atoms with Crippen LogP contribution in [0.4, 0.5) is 0 Å². The van der Waals surface area contributed by atoms with Crippen molar-refractivity contribution in [1.82, 2.24) is 0 Å². The standard InChI is InChI=1S/C11H12O3.C7H5ClO.C5H8O4.3C2H6.K/c1-2-14-11(13)8-10(12)9-6-4-3-5-7-9;8-7(9)6-4-2-1-3-5-6;1-2-9-5(8)3-4(6)7;3*1-2;/h3-7H,2,8H2,1H3;1-5H;2-3H2,1H3,(H,6,7);3*1-2H3;/q;;;;;;+1/p-1. The van der Waals surface area contributed by atoms with E-state index >= 15 is 0 Å². The molecule has 2 aromatic carbocycles. The van der Waals surface area contributed by atoms with Gasteiger partial charge in [-0.25, -0.2) is 0 Å². The molecular formula is C29H42ClKO8. The fraction of sp³-hybridized carbons (Fsp3) is 0.414. The summed E-state index contributed by atoms with van der Waals surface area (Å²) < 4.78 is 8.97. The van der Waals surface area contributed by atoms with Crippen LogP contribution in [0.3, 0.4) is 0 Å². The smallest absolute Gasteiger partial charge is 0.550 e. The van der Waals surface area contributed by atoms with E-state index in [2.05, 4.69) is 9.47 Å². The summed E-state index contributed by atoms with van der Waals surface area (Å²) in [5.74, 6) is -2.84. The van der Waals surface area contributed by atoms with Crippen LogP contribution in [0.15, 0.2) is 60.7 Å². The molecule has 0 spiro atoms. The Balaban J connectivity index is -0.000000137. The van der Waals surface area contributed by atoms with E-state index in [-0.39, 0.29) is 70.2 Å². The molecule has 8 nitrogen and oxygen atoms in total. The van der Waals surface area contributed by atoms with Crippen molar-refractivity contribution in [1.29, 1.82) is 0 Å². The largest absolute Gasteiger partial charge is 1.00 e. The molecule has 0 radical (unpaired) electrons. The predicted molar refractivity (Wildman–Crippen MR) is 149 cm³/mol. The molecule has 214 valence electrons. The molecule has 10 heteroatoms. The van der Waals surface area contributed by atoms with Crippen LogP contribution in [0.2, 0.25) is 0 Å². The second kappa shape index (κ2) is 36.1. The van der Waals surface area contributed by atoms with Gasteiger partial charge in [-0.1, -0.05) is 102 Å². The van der Waals surface area contributed by atoms with Crippen molar-refractivity contribution < 1.29 is 89.9 Å². The topological polar surface area (TPSA) is 127 Å². The SMILES string of the molecule is CC.CC.CC.CCOC(=O)CC(=O)[O-].CCOC(=O)CC(=O)c1ccccc1.O=C(Cl)c1ccccc1.[K+]. The third-order valence-electron chi connectivity index (χ3n) is 3.30. The molecule has 2 rings (SSSR count). The van der Waals surface area contributed by atoms with Crippen LogP contribution in [0, 0.1) is 0 Å². The summed E-state index contributed by atoms with van der Waals surface area (Å²) >= 11 is 5.16. The van der Waals surface area contributed by atoms with Gasteiger partial charge in [-0.15, -0.1) is 0 Å². The molecule has 0 saturated carbocycles. The van der Waals surface area contributed by atoms with E-state index in [1.165, 1.54) is 0 Å². The minimum Gasteiger partial charge on any atom is -0.550 e. The van der Waals surface area contributed by atoms with Crippen LogP contribution in [-0.2, 0) is 23.9 Å². The van der Waals surface area contributed by atoms with Gasteiger partial charge < -0.3 is 19.4 Å². The number of carbonyl (C=O) groups excluding carboxylic acids is 5. The molecule has 39 heavy (non-hydrogen) atoms. The Hall–Kier alpha value is -1.88. The number of hydrogen-bond acceptors (Lipinski definition) is 8. The molecule has 0 aliphatic carbocycles. The van der Waals surface area contributed by atoms with Gasteiger partial charge >= 0.3 is 63.3 Å². The zero-order valence-electron chi connectivity index (χ0n) is 24.7. The fourth-order valence-electron chi connectivity index (χ4n) is 1.97. The van der Waals surface area contributed by atoms with Crippen LogP contribution in [0.1, 0.15) is 88.9 Å². The maximum atomic E-state index is 11.4. The molecule has 0 fully saturated rings. The first-order chi connectivity index (χ1) is 18.2. The summed E-state index contributed by atoms with van der Waals surface area (Å²) in [6.45, 7) is 15.8. The fourth-order valence-corrected chi connectivity index (χ4v) is 2.09. The van der Waals surface area contributed by atoms with E-state index in [0.717, 1.165) is 0 Å². The van der Waals surface area contributed by atoms with Gasteiger partial charge in [0.25, 0.3) is 5.24 Å². The van der Waals surface area contributed by atoms with Crippen molar-refractivity contribution in [2.24, 2.45) is 0 Å². The van der Waals surface area contributed by atoms with E-state index in [1.54, 1.807) is 62.4 Å². The molecular weight excluding hydrogens is 551 g/mol. The number of halogens is 1. The van der Waals surface area contributed by atoms with Crippen LogP contribution in [0.25, 0.3) is 0 Å². The maximum absolute atomic E-state index is 11.4. The van der Waals surface area contributed by atoms with Gasteiger partial charge in [0, 0.05) is 11.1 Å². The average Bonchev–Trinajstić information content (AvgIpc) is 2.93. The number of aliphatic carboxylic acids is 1. The monoisotopic (exact) mass is 592 g/mol. The Bertz CT molecular complexity index is 875. The number of hydrogen-bond donors (Lipinski definition) is 0. The van der Waals surface area contributed by atoms with E-state index in [1.807, 2.05) is 53.7 Å². The molecule has 0 aliphatic heterocycles. The average molecular weight is 593 g/mol. The van der Waals surface area contributed by atoms with Crippen molar-refractivity contribution >= 4 is 40.5 Å². The Morgan fingerprint density at radius 2 is 0.974 bits per heavy atom. The molecule has 0 aromatic heterocycles. The van der Waals surface area contributed by atoms with Crippen molar-refractivity contribution in [2.75, 3.05) is 13.2 Å². The molecule has 0 atom stereocenters. The third kappa shape index (κ3) is 32.2. The minimum absolute atomic E-state index is 0. The Labute approximate surface area is 281 Å².